The van der Waals surface area contributed by atoms with Crippen LogP contribution in [0.3, 0.4) is 0 Å². The normalized spacial score (nSPS) is 10.3. The van der Waals surface area contributed by atoms with Crippen LogP contribution < -0.4 is 5.56 Å². The molecule has 1 heterocycles. The molecule has 0 saturated heterocycles. The van der Waals surface area contributed by atoms with E-state index in [9.17, 15) is 18.4 Å². The van der Waals surface area contributed by atoms with Gasteiger partial charge in [-0.1, -0.05) is 6.07 Å². The summed E-state index contributed by atoms with van der Waals surface area (Å²) in [6.07, 6.45) is 1.29. The number of halogens is 2. The number of aromatic amines is 1. The van der Waals surface area contributed by atoms with Crippen LogP contribution in [-0.2, 0) is 6.54 Å². The number of carbonyl (C=O) groups excluding carboxylic acids is 1. The van der Waals surface area contributed by atoms with Crippen LogP contribution in [0.4, 0.5) is 8.78 Å². The van der Waals surface area contributed by atoms with Gasteiger partial charge in [0.1, 0.15) is 11.6 Å². The van der Waals surface area contributed by atoms with Crippen molar-refractivity contribution in [1.82, 2.24) is 9.88 Å². The molecule has 20 heavy (non-hydrogen) atoms. The van der Waals surface area contributed by atoms with Gasteiger partial charge in [0.05, 0.1) is 5.56 Å². The Morgan fingerprint density at radius 2 is 2.00 bits per heavy atom. The van der Waals surface area contributed by atoms with Gasteiger partial charge < -0.3 is 9.88 Å². The lowest BCUT2D eigenvalue weighted by molar-refractivity contribution is 0.0783. The van der Waals surface area contributed by atoms with Gasteiger partial charge in [0, 0.05) is 37.5 Å². The first kappa shape index (κ1) is 13.9. The summed E-state index contributed by atoms with van der Waals surface area (Å²) >= 11 is 0. The van der Waals surface area contributed by atoms with Crippen molar-refractivity contribution in [2.75, 3.05) is 7.05 Å². The predicted octanol–water partition coefficient (Wildman–Crippen LogP) is 1.93. The van der Waals surface area contributed by atoms with E-state index in [2.05, 4.69) is 4.98 Å². The number of pyridine rings is 1. The van der Waals surface area contributed by atoms with Gasteiger partial charge >= 0.3 is 0 Å². The van der Waals surface area contributed by atoms with Gasteiger partial charge in [-0.25, -0.2) is 8.78 Å². The number of H-pyrrole nitrogens is 1. The standard InChI is InChI=1S/C14H12F2N2O2/c1-18(8-10-2-4-11(15)6-12(10)16)14(20)9-3-5-13(19)17-7-9/h2-7H,8H2,1H3,(H,17,19). The summed E-state index contributed by atoms with van der Waals surface area (Å²) in [5.41, 5.74) is 0.190. The molecule has 1 aromatic heterocycles. The molecule has 0 aliphatic rings. The van der Waals surface area contributed by atoms with Crippen molar-refractivity contribution in [2.45, 2.75) is 6.54 Å². The highest BCUT2D eigenvalue weighted by atomic mass is 19.1. The average molecular weight is 278 g/mol. The Bertz CT molecular complexity index is 677. The quantitative estimate of drug-likeness (QED) is 0.932. The minimum absolute atomic E-state index is 0.00404. The molecule has 1 aromatic carbocycles. The van der Waals surface area contributed by atoms with E-state index in [1.165, 1.54) is 36.3 Å². The van der Waals surface area contributed by atoms with Crippen LogP contribution in [0, 0.1) is 11.6 Å². The summed E-state index contributed by atoms with van der Waals surface area (Å²) in [6, 6.07) is 5.82. The third kappa shape index (κ3) is 3.09. The molecule has 1 N–H and O–H groups in total. The average Bonchev–Trinajstić information content (AvgIpc) is 2.42. The van der Waals surface area contributed by atoms with E-state index in [1.807, 2.05) is 0 Å². The first-order valence-electron chi connectivity index (χ1n) is 5.85. The largest absolute Gasteiger partial charge is 0.337 e. The number of carbonyl (C=O) groups is 1. The number of benzene rings is 1. The maximum atomic E-state index is 13.5. The molecule has 2 aromatic rings. The number of nitrogens with zero attached hydrogens (tertiary/aromatic N) is 1. The lowest BCUT2D eigenvalue weighted by atomic mass is 10.2. The van der Waals surface area contributed by atoms with E-state index in [4.69, 9.17) is 0 Å². The lowest BCUT2D eigenvalue weighted by Crippen LogP contribution is -2.27. The molecular formula is C14H12F2N2O2. The maximum Gasteiger partial charge on any atom is 0.255 e. The van der Waals surface area contributed by atoms with Gasteiger partial charge in [0.2, 0.25) is 5.56 Å². The van der Waals surface area contributed by atoms with Crippen molar-refractivity contribution in [1.29, 1.82) is 0 Å². The van der Waals surface area contributed by atoms with Crippen molar-refractivity contribution in [2.24, 2.45) is 0 Å². The minimum Gasteiger partial charge on any atom is -0.337 e. The first-order chi connectivity index (χ1) is 9.47. The van der Waals surface area contributed by atoms with E-state index in [1.54, 1.807) is 0 Å². The Labute approximate surface area is 113 Å². The molecule has 0 spiro atoms. The smallest absolute Gasteiger partial charge is 0.255 e. The van der Waals surface area contributed by atoms with Gasteiger partial charge in [-0.2, -0.15) is 0 Å². The fraction of sp³-hybridized carbons (Fsp3) is 0.143. The zero-order valence-corrected chi connectivity index (χ0v) is 10.7. The molecule has 104 valence electrons. The van der Waals surface area contributed by atoms with Crippen LogP contribution in [0.2, 0.25) is 0 Å². The molecule has 0 aliphatic carbocycles. The summed E-state index contributed by atoms with van der Waals surface area (Å²) in [7, 11) is 1.50. The second-order valence-corrected chi connectivity index (χ2v) is 4.34. The van der Waals surface area contributed by atoms with Crippen molar-refractivity contribution in [3.63, 3.8) is 0 Å². The molecule has 4 nitrogen and oxygen atoms in total. The number of rotatable bonds is 3. The van der Waals surface area contributed by atoms with Crippen LogP contribution in [0.1, 0.15) is 15.9 Å². The van der Waals surface area contributed by atoms with Crippen LogP contribution in [-0.4, -0.2) is 22.8 Å². The predicted molar refractivity (Wildman–Crippen MR) is 69.2 cm³/mol. The molecule has 6 heteroatoms. The molecule has 0 bridgehead atoms. The molecule has 2 rings (SSSR count). The van der Waals surface area contributed by atoms with Crippen molar-refractivity contribution >= 4 is 5.91 Å². The second-order valence-electron chi connectivity index (χ2n) is 4.34. The summed E-state index contributed by atoms with van der Waals surface area (Å²) in [4.78, 5) is 26.6. The molecule has 1 amide bonds. The lowest BCUT2D eigenvalue weighted by Gasteiger charge is -2.17. The van der Waals surface area contributed by atoms with Gasteiger partial charge in [0.25, 0.3) is 5.91 Å². The third-order valence-electron chi connectivity index (χ3n) is 2.80. The highest BCUT2D eigenvalue weighted by Gasteiger charge is 2.14. The van der Waals surface area contributed by atoms with Crippen LogP contribution in [0.5, 0.6) is 0 Å². The van der Waals surface area contributed by atoms with Crippen LogP contribution in [0.25, 0.3) is 0 Å². The third-order valence-corrected chi connectivity index (χ3v) is 2.80. The molecule has 0 aliphatic heterocycles. The zero-order valence-electron chi connectivity index (χ0n) is 10.7. The summed E-state index contributed by atoms with van der Waals surface area (Å²) in [5.74, 6) is -1.74. The molecule has 0 saturated carbocycles. The number of hydrogen-bond donors (Lipinski definition) is 1. The highest BCUT2D eigenvalue weighted by molar-refractivity contribution is 5.93. The Morgan fingerprint density at radius 3 is 2.60 bits per heavy atom. The SMILES string of the molecule is CN(Cc1ccc(F)cc1F)C(=O)c1ccc(=O)[nH]c1. The maximum absolute atomic E-state index is 13.5. The topological polar surface area (TPSA) is 53.2 Å². The van der Waals surface area contributed by atoms with E-state index in [0.717, 1.165) is 12.1 Å². The fourth-order valence-electron chi connectivity index (χ4n) is 1.74. The second kappa shape index (κ2) is 5.64. The van der Waals surface area contributed by atoms with Crippen LogP contribution >= 0.6 is 0 Å². The van der Waals surface area contributed by atoms with Gasteiger partial charge in [-0.05, 0) is 12.1 Å². The van der Waals surface area contributed by atoms with Gasteiger partial charge in [0.15, 0.2) is 0 Å². The molecular weight excluding hydrogens is 266 g/mol. The zero-order chi connectivity index (χ0) is 14.7. The molecule has 0 unspecified atom stereocenters. The summed E-state index contributed by atoms with van der Waals surface area (Å²) in [6.45, 7) is 0.00404. The monoisotopic (exact) mass is 278 g/mol. The van der Waals surface area contributed by atoms with Crippen LogP contribution in [0.15, 0.2) is 41.3 Å². The van der Waals surface area contributed by atoms with Gasteiger partial charge in [-0.3, -0.25) is 9.59 Å². The molecule has 0 atom stereocenters. The fourth-order valence-corrected chi connectivity index (χ4v) is 1.74. The van der Waals surface area contributed by atoms with E-state index in [0.29, 0.717) is 0 Å². The van der Waals surface area contributed by atoms with Crippen molar-refractivity contribution in [3.05, 3.63) is 69.6 Å². The number of hydrogen-bond acceptors (Lipinski definition) is 2. The molecule has 0 fully saturated rings. The van der Waals surface area contributed by atoms with Crippen molar-refractivity contribution in [3.8, 4) is 0 Å². The number of nitrogens with one attached hydrogen (secondary N) is 1. The minimum atomic E-state index is -0.703. The Kier molecular flexibility index (Phi) is 3.93. The van der Waals surface area contributed by atoms with E-state index in [-0.39, 0.29) is 29.1 Å². The Hall–Kier alpha value is -2.50. The number of aromatic nitrogens is 1. The Balaban J connectivity index is 2.15. The van der Waals surface area contributed by atoms with Crippen molar-refractivity contribution < 1.29 is 13.6 Å². The summed E-state index contributed by atoms with van der Waals surface area (Å²) < 4.78 is 26.3. The first-order valence-corrected chi connectivity index (χ1v) is 5.85. The van der Waals surface area contributed by atoms with E-state index < -0.39 is 11.6 Å². The molecule has 0 radical (unpaired) electrons. The van der Waals surface area contributed by atoms with E-state index >= 15 is 0 Å². The van der Waals surface area contributed by atoms with Gasteiger partial charge in [-0.15, -0.1) is 0 Å². The summed E-state index contributed by atoms with van der Waals surface area (Å²) in [5, 5.41) is 0. The highest BCUT2D eigenvalue weighted by Crippen LogP contribution is 2.12. The number of amides is 1. The Morgan fingerprint density at radius 1 is 1.25 bits per heavy atom.